The largest absolute Gasteiger partial charge is 0.278 e. The first-order valence-electron chi connectivity index (χ1n) is 11.2. The minimum absolute atomic E-state index is 0.0386. The van der Waals surface area contributed by atoms with Crippen LogP contribution < -0.4 is 0 Å². The van der Waals surface area contributed by atoms with Crippen LogP contribution in [0.5, 0.6) is 0 Å². The lowest BCUT2D eigenvalue weighted by atomic mass is 9.81. The molecule has 1 saturated heterocycles. The van der Waals surface area contributed by atoms with Crippen LogP contribution in [0.15, 0.2) is 23.1 Å². The zero-order valence-corrected chi connectivity index (χ0v) is 18.8. The van der Waals surface area contributed by atoms with Crippen LogP contribution in [-0.2, 0) is 26.2 Å². The Bertz CT molecular complexity index is 913. The van der Waals surface area contributed by atoms with Crippen LogP contribution in [0.3, 0.4) is 0 Å². The summed E-state index contributed by atoms with van der Waals surface area (Å²) in [5.74, 6) is -0.544. The van der Waals surface area contributed by atoms with Crippen molar-refractivity contribution >= 4 is 21.8 Å². The summed E-state index contributed by atoms with van der Waals surface area (Å²) in [6.07, 6.45) is 8.64. The normalized spacial score (nSPS) is 25.8. The summed E-state index contributed by atoms with van der Waals surface area (Å²) in [6.45, 7) is 1.95. The number of benzene rings is 1. The highest BCUT2D eigenvalue weighted by Crippen LogP contribution is 2.39. The van der Waals surface area contributed by atoms with E-state index in [9.17, 15) is 18.0 Å². The van der Waals surface area contributed by atoms with E-state index in [-0.39, 0.29) is 41.1 Å². The van der Waals surface area contributed by atoms with Crippen molar-refractivity contribution in [2.45, 2.75) is 82.2 Å². The molecule has 1 aromatic rings. The number of carbonyl (C=O) groups is 2. The highest BCUT2D eigenvalue weighted by atomic mass is 32.2. The number of hydrogen-bond acceptors (Lipinski definition) is 4. The molecular formula is C23H32N2O4S. The monoisotopic (exact) mass is 432 g/mol. The summed E-state index contributed by atoms with van der Waals surface area (Å²) < 4.78 is 28.2. The molecule has 0 spiro atoms. The summed E-state index contributed by atoms with van der Waals surface area (Å²) in [7, 11) is -1.95. The van der Waals surface area contributed by atoms with Crippen LogP contribution in [0.25, 0.3) is 0 Å². The number of fused-ring (bicyclic) bond motifs is 1. The van der Waals surface area contributed by atoms with E-state index in [4.69, 9.17) is 0 Å². The first-order valence-corrected chi connectivity index (χ1v) is 12.7. The second-order valence-electron chi connectivity index (χ2n) is 9.17. The van der Waals surface area contributed by atoms with Gasteiger partial charge in [0.2, 0.25) is 21.8 Å². The van der Waals surface area contributed by atoms with Crippen LogP contribution in [-0.4, -0.2) is 42.5 Å². The first-order chi connectivity index (χ1) is 14.3. The standard InChI is InChI=1S/C23H32N2O4S/c1-16-12-13-17(15-25-22(26)19-10-6-7-11-20(19)23(25)27)14-21(16)30(28,29)24(2)18-8-4-3-5-9-18/h12-14,18-20H,3-11,15H2,1-2H3/t19-,20-/m1/s1. The molecule has 2 atom stereocenters. The lowest BCUT2D eigenvalue weighted by Crippen LogP contribution is -2.38. The van der Waals surface area contributed by atoms with Crippen molar-refractivity contribution in [2.75, 3.05) is 7.05 Å². The van der Waals surface area contributed by atoms with E-state index in [0.29, 0.717) is 11.1 Å². The molecule has 1 aliphatic heterocycles. The molecule has 164 valence electrons. The molecule has 0 bridgehead atoms. The van der Waals surface area contributed by atoms with Gasteiger partial charge in [0.25, 0.3) is 0 Å². The van der Waals surface area contributed by atoms with Gasteiger partial charge in [-0.15, -0.1) is 0 Å². The molecule has 3 aliphatic rings. The Morgan fingerprint density at radius 3 is 2.10 bits per heavy atom. The number of aryl methyl sites for hydroxylation is 1. The molecular weight excluding hydrogens is 400 g/mol. The van der Waals surface area contributed by atoms with E-state index in [2.05, 4.69) is 0 Å². The lowest BCUT2D eigenvalue weighted by Gasteiger charge is -2.31. The van der Waals surface area contributed by atoms with Crippen molar-refractivity contribution in [3.8, 4) is 0 Å². The van der Waals surface area contributed by atoms with Gasteiger partial charge in [0.1, 0.15) is 0 Å². The van der Waals surface area contributed by atoms with Crippen molar-refractivity contribution in [1.29, 1.82) is 0 Å². The van der Waals surface area contributed by atoms with Gasteiger partial charge < -0.3 is 0 Å². The van der Waals surface area contributed by atoms with Gasteiger partial charge in [-0.3, -0.25) is 14.5 Å². The number of likely N-dealkylation sites (tertiary alicyclic amines) is 1. The summed E-state index contributed by atoms with van der Waals surface area (Å²) in [5, 5.41) is 0. The fourth-order valence-corrected chi connectivity index (χ4v) is 7.07. The van der Waals surface area contributed by atoms with Crippen LogP contribution in [0.2, 0.25) is 0 Å². The van der Waals surface area contributed by atoms with Crippen LogP contribution in [0.4, 0.5) is 0 Å². The van der Waals surface area contributed by atoms with E-state index in [0.717, 1.165) is 51.4 Å². The summed E-state index contributed by atoms with van der Waals surface area (Å²) in [6, 6.07) is 5.32. The smallest absolute Gasteiger partial charge is 0.243 e. The maximum Gasteiger partial charge on any atom is 0.243 e. The number of carbonyl (C=O) groups excluding carboxylic acids is 2. The predicted octanol–water partition coefficient (Wildman–Crippen LogP) is 3.62. The van der Waals surface area contributed by atoms with Crippen molar-refractivity contribution in [2.24, 2.45) is 11.8 Å². The second kappa shape index (κ2) is 8.42. The minimum atomic E-state index is -3.63. The third kappa shape index (κ3) is 3.82. The van der Waals surface area contributed by atoms with E-state index in [1.165, 1.54) is 15.6 Å². The zero-order valence-electron chi connectivity index (χ0n) is 18.0. The number of sulfonamides is 1. The molecule has 0 N–H and O–H groups in total. The Balaban J connectivity index is 1.57. The second-order valence-corrected chi connectivity index (χ2v) is 11.1. The van der Waals surface area contributed by atoms with Crippen molar-refractivity contribution in [1.82, 2.24) is 9.21 Å². The minimum Gasteiger partial charge on any atom is -0.278 e. The summed E-state index contributed by atoms with van der Waals surface area (Å²) in [5.41, 5.74) is 1.38. The molecule has 2 amide bonds. The molecule has 0 aromatic heterocycles. The lowest BCUT2D eigenvalue weighted by molar-refractivity contribution is -0.140. The molecule has 30 heavy (non-hydrogen) atoms. The highest BCUT2D eigenvalue weighted by molar-refractivity contribution is 7.89. The Labute approximate surface area is 179 Å². The number of nitrogens with zero attached hydrogens (tertiary/aromatic N) is 2. The molecule has 2 saturated carbocycles. The SMILES string of the molecule is Cc1ccc(CN2C(=O)[C@@H]3CCCC[C@H]3C2=O)cc1S(=O)(=O)N(C)C1CCCCC1. The molecule has 7 heteroatoms. The Morgan fingerprint density at radius 2 is 1.50 bits per heavy atom. The predicted molar refractivity (Wildman–Crippen MR) is 114 cm³/mol. The van der Waals surface area contributed by atoms with Crippen LogP contribution in [0.1, 0.15) is 68.9 Å². The van der Waals surface area contributed by atoms with Gasteiger partial charge in [-0.05, 0) is 49.8 Å². The average Bonchev–Trinajstić information content (AvgIpc) is 3.00. The van der Waals surface area contributed by atoms with Gasteiger partial charge in [-0.1, -0.05) is 44.2 Å². The Hall–Kier alpha value is -1.73. The maximum absolute atomic E-state index is 13.4. The number of imide groups is 1. The number of hydrogen-bond donors (Lipinski definition) is 0. The molecule has 4 rings (SSSR count). The molecule has 0 unspecified atom stereocenters. The van der Waals surface area contributed by atoms with E-state index >= 15 is 0 Å². The number of rotatable bonds is 5. The summed E-state index contributed by atoms with van der Waals surface area (Å²) >= 11 is 0. The van der Waals surface area contributed by atoms with E-state index in [1.807, 2.05) is 6.07 Å². The van der Waals surface area contributed by atoms with Gasteiger partial charge in [0.05, 0.1) is 23.3 Å². The van der Waals surface area contributed by atoms with Crippen molar-refractivity contribution < 1.29 is 18.0 Å². The van der Waals surface area contributed by atoms with E-state index < -0.39 is 10.0 Å². The Kier molecular flexibility index (Phi) is 6.04. The third-order valence-corrected chi connectivity index (χ3v) is 9.32. The maximum atomic E-state index is 13.4. The van der Waals surface area contributed by atoms with Gasteiger partial charge in [-0.2, -0.15) is 4.31 Å². The molecule has 2 aliphatic carbocycles. The van der Waals surface area contributed by atoms with Crippen molar-refractivity contribution in [3.63, 3.8) is 0 Å². The van der Waals surface area contributed by atoms with Gasteiger partial charge >= 0.3 is 0 Å². The Morgan fingerprint density at radius 1 is 0.933 bits per heavy atom. The molecule has 1 heterocycles. The fourth-order valence-electron chi connectivity index (χ4n) is 5.39. The van der Waals surface area contributed by atoms with Crippen LogP contribution >= 0.6 is 0 Å². The first kappa shape index (κ1) is 21.5. The summed E-state index contributed by atoms with van der Waals surface area (Å²) in [4.78, 5) is 27.2. The van der Waals surface area contributed by atoms with E-state index in [1.54, 1.807) is 26.1 Å². The highest BCUT2D eigenvalue weighted by Gasteiger charge is 2.48. The zero-order chi connectivity index (χ0) is 21.5. The van der Waals surface area contributed by atoms with Gasteiger partial charge in [0, 0.05) is 13.1 Å². The molecule has 1 aromatic carbocycles. The van der Waals surface area contributed by atoms with Crippen LogP contribution in [0, 0.1) is 18.8 Å². The average molecular weight is 433 g/mol. The molecule has 3 fully saturated rings. The topological polar surface area (TPSA) is 74.8 Å². The third-order valence-electron chi connectivity index (χ3n) is 7.27. The molecule has 0 radical (unpaired) electrons. The van der Waals surface area contributed by atoms with Crippen molar-refractivity contribution in [3.05, 3.63) is 29.3 Å². The van der Waals surface area contributed by atoms with Gasteiger partial charge in [-0.25, -0.2) is 8.42 Å². The van der Waals surface area contributed by atoms with Gasteiger partial charge in [0.15, 0.2) is 0 Å². The fraction of sp³-hybridized carbons (Fsp3) is 0.652. The quantitative estimate of drug-likeness (QED) is 0.666. The molecule has 6 nitrogen and oxygen atoms in total. The number of amides is 2.